The van der Waals surface area contributed by atoms with Gasteiger partial charge in [-0.25, -0.2) is 4.39 Å². The maximum absolute atomic E-state index is 13.5. The third-order valence-corrected chi connectivity index (χ3v) is 3.20. The quantitative estimate of drug-likeness (QED) is 0.692. The van der Waals surface area contributed by atoms with Crippen LogP contribution in [0.2, 0.25) is 0 Å². The summed E-state index contributed by atoms with van der Waals surface area (Å²) in [5, 5.41) is 0. The molecule has 1 rings (SSSR count). The molecule has 0 bridgehead atoms. The Bertz CT molecular complexity index is 352. The minimum Gasteiger partial charge on any atom is -0.494 e. The maximum Gasteiger partial charge on any atom is 0.165 e. The fraction of sp³-hybridized carbons (Fsp3) is 0.571. The van der Waals surface area contributed by atoms with E-state index in [1.165, 1.54) is 7.11 Å². The Morgan fingerprint density at radius 2 is 2.06 bits per heavy atom. The predicted octanol–water partition coefficient (Wildman–Crippen LogP) is 4.28. The standard InChI is InChI=1S/C14H20ClFO/c1-10(2)6-12(9-15)7-11-4-5-14(17-3)13(16)8-11/h4-5,8,10,12H,6-7,9H2,1-3H3. The molecular weight excluding hydrogens is 239 g/mol. The lowest BCUT2D eigenvalue weighted by Gasteiger charge is -2.16. The normalized spacial score (nSPS) is 12.8. The third kappa shape index (κ3) is 4.55. The van der Waals surface area contributed by atoms with Crippen LogP contribution in [0.15, 0.2) is 18.2 Å². The highest BCUT2D eigenvalue weighted by atomic mass is 35.5. The summed E-state index contributed by atoms with van der Waals surface area (Å²) in [6.45, 7) is 4.35. The van der Waals surface area contributed by atoms with Crippen LogP contribution < -0.4 is 4.74 Å². The summed E-state index contributed by atoms with van der Waals surface area (Å²) in [5.41, 5.74) is 0.981. The zero-order chi connectivity index (χ0) is 12.8. The number of benzene rings is 1. The van der Waals surface area contributed by atoms with Crippen molar-refractivity contribution in [2.75, 3.05) is 13.0 Å². The van der Waals surface area contributed by atoms with Gasteiger partial charge in [-0.2, -0.15) is 0 Å². The molecule has 0 aliphatic carbocycles. The fourth-order valence-corrected chi connectivity index (χ4v) is 2.27. The summed E-state index contributed by atoms with van der Waals surface area (Å²) in [4.78, 5) is 0. The van der Waals surface area contributed by atoms with Crippen molar-refractivity contribution in [2.45, 2.75) is 26.7 Å². The molecular formula is C14H20ClFO. The molecule has 1 atom stereocenters. The Balaban J connectivity index is 2.69. The molecule has 0 saturated carbocycles. The minimum absolute atomic E-state index is 0.292. The molecule has 1 aromatic rings. The molecule has 17 heavy (non-hydrogen) atoms. The number of hydrogen-bond donors (Lipinski definition) is 0. The highest BCUT2D eigenvalue weighted by molar-refractivity contribution is 6.18. The second-order valence-electron chi connectivity index (χ2n) is 4.82. The molecule has 0 heterocycles. The van der Waals surface area contributed by atoms with Gasteiger partial charge in [-0.05, 0) is 42.4 Å². The van der Waals surface area contributed by atoms with Crippen molar-refractivity contribution in [3.05, 3.63) is 29.6 Å². The number of methoxy groups -OCH3 is 1. The summed E-state index contributed by atoms with van der Waals surface area (Å²) in [7, 11) is 1.47. The van der Waals surface area contributed by atoms with Crippen LogP contribution in [0.5, 0.6) is 5.75 Å². The Labute approximate surface area is 108 Å². The number of hydrogen-bond acceptors (Lipinski definition) is 1. The van der Waals surface area contributed by atoms with E-state index in [1.807, 2.05) is 6.07 Å². The van der Waals surface area contributed by atoms with Gasteiger partial charge in [-0.15, -0.1) is 11.6 Å². The molecule has 0 spiro atoms. The second kappa shape index (κ2) is 6.85. The number of alkyl halides is 1. The van der Waals surface area contributed by atoms with E-state index < -0.39 is 0 Å². The maximum atomic E-state index is 13.5. The highest BCUT2D eigenvalue weighted by Crippen LogP contribution is 2.22. The van der Waals surface area contributed by atoms with Gasteiger partial charge in [0.1, 0.15) is 0 Å². The Morgan fingerprint density at radius 1 is 1.35 bits per heavy atom. The highest BCUT2D eigenvalue weighted by Gasteiger charge is 2.12. The van der Waals surface area contributed by atoms with Gasteiger partial charge in [-0.3, -0.25) is 0 Å². The van der Waals surface area contributed by atoms with Crippen molar-refractivity contribution < 1.29 is 9.13 Å². The van der Waals surface area contributed by atoms with Crippen LogP contribution in [-0.2, 0) is 6.42 Å². The average Bonchev–Trinajstić information content (AvgIpc) is 2.27. The van der Waals surface area contributed by atoms with Gasteiger partial charge in [0, 0.05) is 5.88 Å². The molecule has 1 aromatic carbocycles. The smallest absolute Gasteiger partial charge is 0.165 e. The average molecular weight is 259 g/mol. The van der Waals surface area contributed by atoms with Crippen LogP contribution in [0.3, 0.4) is 0 Å². The van der Waals surface area contributed by atoms with E-state index in [9.17, 15) is 4.39 Å². The van der Waals surface area contributed by atoms with Gasteiger partial charge >= 0.3 is 0 Å². The first-order valence-electron chi connectivity index (χ1n) is 5.95. The van der Waals surface area contributed by atoms with Crippen LogP contribution in [0.25, 0.3) is 0 Å². The molecule has 0 fully saturated rings. The van der Waals surface area contributed by atoms with Crippen molar-refractivity contribution >= 4 is 11.6 Å². The van der Waals surface area contributed by atoms with Gasteiger partial charge in [0.05, 0.1) is 7.11 Å². The molecule has 0 saturated heterocycles. The van der Waals surface area contributed by atoms with Crippen LogP contribution >= 0.6 is 11.6 Å². The topological polar surface area (TPSA) is 9.23 Å². The number of ether oxygens (including phenoxy) is 1. The molecule has 0 N–H and O–H groups in total. The summed E-state index contributed by atoms with van der Waals surface area (Å²) >= 11 is 5.94. The zero-order valence-electron chi connectivity index (χ0n) is 10.7. The molecule has 1 nitrogen and oxygen atoms in total. The second-order valence-corrected chi connectivity index (χ2v) is 5.13. The molecule has 0 aromatic heterocycles. The van der Waals surface area contributed by atoms with E-state index in [-0.39, 0.29) is 5.82 Å². The predicted molar refractivity (Wildman–Crippen MR) is 70.3 cm³/mol. The lowest BCUT2D eigenvalue weighted by atomic mass is 9.92. The van der Waals surface area contributed by atoms with Gasteiger partial charge in [0.2, 0.25) is 0 Å². The van der Waals surface area contributed by atoms with Crippen LogP contribution in [0.1, 0.15) is 25.8 Å². The molecule has 96 valence electrons. The third-order valence-electron chi connectivity index (χ3n) is 2.76. The number of rotatable bonds is 6. The van der Waals surface area contributed by atoms with Gasteiger partial charge in [0.25, 0.3) is 0 Å². The van der Waals surface area contributed by atoms with Crippen LogP contribution in [0.4, 0.5) is 4.39 Å². The molecule has 0 amide bonds. The van der Waals surface area contributed by atoms with E-state index in [4.69, 9.17) is 16.3 Å². The summed E-state index contributed by atoms with van der Waals surface area (Å²) in [5.74, 6) is 1.63. The molecule has 3 heteroatoms. The monoisotopic (exact) mass is 258 g/mol. The summed E-state index contributed by atoms with van der Waals surface area (Å²) in [6, 6.07) is 5.12. The molecule has 0 aliphatic heterocycles. The lowest BCUT2D eigenvalue weighted by molar-refractivity contribution is 0.385. The minimum atomic E-state index is -0.303. The van der Waals surface area contributed by atoms with E-state index in [2.05, 4.69) is 13.8 Å². The van der Waals surface area contributed by atoms with E-state index in [1.54, 1.807) is 12.1 Å². The molecule has 0 radical (unpaired) electrons. The summed E-state index contributed by atoms with van der Waals surface area (Å²) in [6.07, 6.45) is 1.89. The van der Waals surface area contributed by atoms with Crippen molar-refractivity contribution in [1.82, 2.24) is 0 Å². The largest absolute Gasteiger partial charge is 0.494 e. The summed E-state index contributed by atoms with van der Waals surface area (Å²) < 4.78 is 18.4. The van der Waals surface area contributed by atoms with E-state index >= 15 is 0 Å². The number of halogens is 2. The Hall–Kier alpha value is -0.760. The van der Waals surface area contributed by atoms with E-state index in [0.717, 1.165) is 18.4 Å². The first kappa shape index (κ1) is 14.3. The fourth-order valence-electron chi connectivity index (χ4n) is 2.04. The van der Waals surface area contributed by atoms with Crippen LogP contribution in [0, 0.1) is 17.7 Å². The van der Waals surface area contributed by atoms with Gasteiger partial charge in [0.15, 0.2) is 11.6 Å². The molecule has 1 unspecified atom stereocenters. The van der Waals surface area contributed by atoms with E-state index in [0.29, 0.717) is 23.5 Å². The van der Waals surface area contributed by atoms with Crippen molar-refractivity contribution in [2.24, 2.45) is 11.8 Å². The first-order chi connectivity index (χ1) is 8.06. The first-order valence-corrected chi connectivity index (χ1v) is 6.48. The van der Waals surface area contributed by atoms with Crippen molar-refractivity contribution in [3.63, 3.8) is 0 Å². The Kier molecular flexibility index (Phi) is 5.76. The zero-order valence-corrected chi connectivity index (χ0v) is 11.4. The van der Waals surface area contributed by atoms with Crippen molar-refractivity contribution in [3.8, 4) is 5.75 Å². The molecule has 0 aliphatic rings. The van der Waals surface area contributed by atoms with Gasteiger partial charge in [-0.1, -0.05) is 19.9 Å². The Morgan fingerprint density at radius 3 is 2.53 bits per heavy atom. The lowest BCUT2D eigenvalue weighted by Crippen LogP contribution is -2.10. The SMILES string of the molecule is COc1ccc(CC(CCl)CC(C)C)cc1F. The van der Waals surface area contributed by atoms with Crippen molar-refractivity contribution in [1.29, 1.82) is 0 Å². The van der Waals surface area contributed by atoms with Crippen LogP contribution in [-0.4, -0.2) is 13.0 Å². The van der Waals surface area contributed by atoms with Gasteiger partial charge < -0.3 is 4.74 Å².